The summed E-state index contributed by atoms with van der Waals surface area (Å²) in [6.07, 6.45) is 2.57. The number of ether oxygens (including phenoxy) is 1. The Morgan fingerprint density at radius 2 is 1.60 bits per heavy atom. The van der Waals surface area contributed by atoms with Gasteiger partial charge in [-0.1, -0.05) is 24.3 Å². The standard InChI is InChI=1S/C16H13NO3/c1-2-20-14-8-7-13(11-5-3-4-6-12(11)14)17-15(18)9-10-16(17)19/h3-10H,2H2,1H3. The molecule has 0 saturated heterocycles. The number of anilines is 1. The van der Waals surface area contributed by atoms with Crippen molar-refractivity contribution in [3.05, 3.63) is 48.6 Å². The third-order valence-corrected chi connectivity index (χ3v) is 3.21. The fourth-order valence-corrected chi connectivity index (χ4v) is 2.37. The van der Waals surface area contributed by atoms with E-state index in [9.17, 15) is 9.59 Å². The molecule has 0 N–H and O–H groups in total. The SMILES string of the molecule is CCOc1ccc(N2C(=O)C=CC2=O)c2ccccc12. The summed E-state index contributed by atoms with van der Waals surface area (Å²) in [7, 11) is 0. The van der Waals surface area contributed by atoms with Gasteiger partial charge in [-0.25, -0.2) is 4.90 Å². The van der Waals surface area contributed by atoms with E-state index in [1.165, 1.54) is 17.1 Å². The summed E-state index contributed by atoms with van der Waals surface area (Å²) < 4.78 is 5.59. The van der Waals surface area contributed by atoms with Gasteiger partial charge in [0, 0.05) is 22.9 Å². The third kappa shape index (κ3) is 1.86. The van der Waals surface area contributed by atoms with E-state index in [1.807, 2.05) is 31.2 Å². The fraction of sp³-hybridized carbons (Fsp3) is 0.125. The summed E-state index contributed by atoms with van der Waals surface area (Å²) in [4.78, 5) is 24.8. The molecule has 0 fully saturated rings. The molecule has 100 valence electrons. The number of nitrogens with zero attached hydrogens (tertiary/aromatic N) is 1. The van der Waals surface area contributed by atoms with Crippen LogP contribution in [0.5, 0.6) is 5.75 Å². The lowest BCUT2D eigenvalue weighted by molar-refractivity contribution is -0.119. The molecular formula is C16H13NO3. The highest BCUT2D eigenvalue weighted by Gasteiger charge is 2.26. The van der Waals surface area contributed by atoms with E-state index in [1.54, 1.807) is 12.1 Å². The van der Waals surface area contributed by atoms with Crippen molar-refractivity contribution in [3.63, 3.8) is 0 Å². The number of benzene rings is 2. The molecule has 0 spiro atoms. The van der Waals surface area contributed by atoms with Crippen molar-refractivity contribution in [3.8, 4) is 5.75 Å². The molecule has 1 aliphatic rings. The van der Waals surface area contributed by atoms with Crippen LogP contribution >= 0.6 is 0 Å². The molecule has 4 nitrogen and oxygen atoms in total. The molecule has 0 aromatic heterocycles. The average Bonchev–Trinajstić information content (AvgIpc) is 2.79. The van der Waals surface area contributed by atoms with Crippen molar-refractivity contribution in [1.29, 1.82) is 0 Å². The topological polar surface area (TPSA) is 46.6 Å². The molecule has 4 heteroatoms. The molecule has 1 heterocycles. The quantitative estimate of drug-likeness (QED) is 0.803. The van der Waals surface area contributed by atoms with Gasteiger partial charge in [0.2, 0.25) is 0 Å². The zero-order chi connectivity index (χ0) is 14.1. The molecule has 3 rings (SSSR count). The average molecular weight is 267 g/mol. The van der Waals surface area contributed by atoms with Gasteiger partial charge in [0.1, 0.15) is 5.75 Å². The van der Waals surface area contributed by atoms with E-state index in [4.69, 9.17) is 4.74 Å². The number of carbonyl (C=O) groups excluding carboxylic acids is 2. The molecular weight excluding hydrogens is 254 g/mol. The lowest BCUT2D eigenvalue weighted by Gasteiger charge is -2.18. The summed E-state index contributed by atoms with van der Waals surface area (Å²) in [6, 6.07) is 11.1. The largest absolute Gasteiger partial charge is 0.493 e. The van der Waals surface area contributed by atoms with Crippen LogP contribution in [-0.4, -0.2) is 18.4 Å². The van der Waals surface area contributed by atoms with Gasteiger partial charge in [0.25, 0.3) is 11.8 Å². The van der Waals surface area contributed by atoms with Crippen molar-refractivity contribution >= 4 is 28.3 Å². The van der Waals surface area contributed by atoms with Crippen LogP contribution in [-0.2, 0) is 9.59 Å². The molecule has 0 unspecified atom stereocenters. The Morgan fingerprint density at radius 1 is 0.950 bits per heavy atom. The highest BCUT2D eigenvalue weighted by atomic mass is 16.5. The predicted molar refractivity (Wildman–Crippen MR) is 76.8 cm³/mol. The highest BCUT2D eigenvalue weighted by molar-refractivity contribution is 6.30. The predicted octanol–water partition coefficient (Wildman–Crippen LogP) is 2.67. The number of hydrogen-bond acceptors (Lipinski definition) is 3. The van der Waals surface area contributed by atoms with Crippen molar-refractivity contribution in [1.82, 2.24) is 0 Å². The molecule has 0 saturated carbocycles. The van der Waals surface area contributed by atoms with Gasteiger partial charge in [-0.3, -0.25) is 9.59 Å². The molecule has 2 aromatic rings. The van der Waals surface area contributed by atoms with Crippen LogP contribution in [0.4, 0.5) is 5.69 Å². The van der Waals surface area contributed by atoms with Crippen LogP contribution < -0.4 is 9.64 Å². The third-order valence-electron chi connectivity index (χ3n) is 3.21. The smallest absolute Gasteiger partial charge is 0.258 e. The van der Waals surface area contributed by atoms with Crippen LogP contribution in [0.2, 0.25) is 0 Å². The molecule has 2 aromatic carbocycles. The zero-order valence-electron chi connectivity index (χ0n) is 11.0. The zero-order valence-corrected chi connectivity index (χ0v) is 11.0. The van der Waals surface area contributed by atoms with Crippen LogP contribution in [0.15, 0.2) is 48.6 Å². The van der Waals surface area contributed by atoms with Crippen LogP contribution in [0, 0.1) is 0 Å². The Morgan fingerprint density at radius 3 is 2.25 bits per heavy atom. The first kappa shape index (κ1) is 12.4. The van der Waals surface area contributed by atoms with E-state index >= 15 is 0 Å². The van der Waals surface area contributed by atoms with Crippen LogP contribution in [0.1, 0.15) is 6.92 Å². The van der Waals surface area contributed by atoms with Gasteiger partial charge >= 0.3 is 0 Å². The van der Waals surface area contributed by atoms with Crippen LogP contribution in [0.3, 0.4) is 0 Å². The number of imide groups is 1. The van der Waals surface area contributed by atoms with E-state index in [0.29, 0.717) is 12.3 Å². The maximum atomic E-state index is 11.8. The van der Waals surface area contributed by atoms with Crippen molar-refractivity contribution in [2.75, 3.05) is 11.5 Å². The Bertz CT molecular complexity index is 716. The van der Waals surface area contributed by atoms with E-state index in [2.05, 4.69) is 0 Å². The normalized spacial score (nSPS) is 14.3. The Balaban J connectivity index is 2.20. The first-order valence-electron chi connectivity index (χ1n) is 6.43. The maximum Gasteiger partial charge on any atom is 0.258 e. The first-order chi connectivity index (χ1) is 9.72. The van der Waals surface area contributed by atoms with Gasteiger partial charge in [-0.15, -0.1) is 0 Å². The summed E-state index contributed by atoms with van der Waals surface area (Å²) in [5, 5.41) is 1.71. The number of hydrogen-bond donors (Lipinski definition) is 0. The van der Waals surface area contributed by atoms with E-state index in [0.717, 1.165) is 16.5 Å². The summed E-state index contributed by atoms with van der Waals surface area (Å²) >= 11 is 0. The maximum absolute atomic E-state index is 11.8. The Labute approximate surface area is 116 Å². The van der Waals surface area contributed by atoms with E-state index < -0.39 is 0 Å². The second kappa shape index (κ2) is 4.81. The van der Waals surface area contributed by atoms with Gasteiger partial charge in [-0.05, 0) is 19.1 Å². The minimum atomic E-state index is -0.315. The number of amides is 2. The van der Waals surface area contributed by atoms with Gasteiger partial charge in [-0.2, -0.15) is 0 Å². The minimum absolute atomic E-state index is 0.315. The van der Waals surface area contributed by atoms with Crippen molar-refractivity contribution < 1.29 is 14.3 Å². The number of fused-ring (bicyclic) bond motifs is 1. The van der Waals surface area contributed by atoms with Gasteiger partial charge in [0.05, 0.1) is 12.3 Å². The Kier molecular flexibility index (Phi) is 2.99. The summed E-state index contributed by atoms with van der Waals surface area (Å²) in [5.74, 6) is 0.118. The second-order valence-electron chi connectivity index (χ2n) is 4.41. The monoisotopic (exact) mass is 267 g/mol. The molecule has 20 heavy (non-hydrogen) atoms. The lowest BCUT2D eigenvalue weighted by atomic mass is 10.1. The molecule has 0 bridgehead atoms. The van der Waals surface area contributed by atoms with Gasteiger partial charge < -0.3 is 4.74 Å². The Hall–Kier alpha value is -2.62. The van der Waals surface area contributed by atoms with E-state index in [-0.39, 0.29) is 11.8 Å². The number of rotatable bonds is 3. The minimum Gasteiger partial charge on any atom is -0.493 e. The molecule has 2 amide bonds. The summed E-state index contributed by atoms with van der Waals surface area (Å²) in [5.41, 5.74) is 0.587. The molecule has 1 aliphatic heterocycles. The molecule has 0 aliphatic carbocycles. The second-order valence-corrected chi connectivity index (χ2v) is 4.41. The van der Waals surface area contributed by atoms with Gasteiger partial charge in [0.15, 0.2) is 0 Å². The highest BCUT2D eigenvalue weighted by Crippen LogP contribution is 2.34. The molecule has 0 atom stereocenters. The van der Waals surface area contributed by atoms with Crippen molar-refractivity contribution in [2.45, 2.75) is 6.92 Å². The molecule has 0 radical (unpaired) electrons. The lowest BCUT2D eigenvalue weighted by Crippen LogP contribution is -2.29. The fourth-order valence-electron chi connectivity index (χ4n) is 2.37. The number of carbonyl (C=O) groups is 2. The van der Waals surface area contributed by atoms with Crippen molar-refractivity contribution in [2.24, 2.45) is 0 Å². The van der Waals surface area contributed by atoms with Crippen LogP contribution in [0.25, 0.3) is 10.8 Å². The summed E-state index contributed by atoms with van der Waals surface area (Å²) in [6.45, 7) is 2.48. The first-order valence-corrected chi connectivity index (χ1v) is 6.43.